The molecule has 63 valence electrons. The minimum absolute atomic E-state index is 0. The number of hydrogen-bond donors (Lipinski definition) is 1. The van der Waals surface area contributed by atoms with Crippen molar-refractivity contribution in [1.29, 1.82) is 0 Å². The maximum Gasteiger partial charge on any atom is 0.335 e. The molecule has 6 heteroatoms. The Balaban J connectivity index is 0.00000144. The molecule has 0 amide bonds. The predicted octanol–water partition coefficient (Wildman–Crippen LogP) is 0.912. The fourth-order valence-corrected chi connectivity index (χ4v) is 0.753. The molecule has 0 spiro atoms. The molecule has 0 aliphatic heterocycles. The summed E-state index contributed by atoms with van der Waals surface area (Å²) >= 11 is 0. The average molecular weight is 206 g/mol. The van der Waals surface area contributed by atoms with Crippen LogP contribution in [-0.2, 0) is 0 Å². The maximum absolute atomic E-state index is 10.4. The monoisotopic (exact) mass is 206 g/mol. The Labute approximate surface area is 116 Å². The molecule has 1 N–H and O–H groups in total. The summed E-state index contributed by atoms with van der Waals surface area (Å²) < 4.78 is 0. The molecule has 0 aromatic heterocycles. The van der Waals surface area contributed by atoms with Crippen LogP contribution < -0.4 is 0 Å². The first-order chi connectivity index (χ1) is 5.61. The zero-order chi connectivity index (χ0) is 9.14. The van der Waals surface area contributed by atoms with Crippen LogP contribution in [0.25, 0.3) is 0 Å². The van der Waals surface area contributed by atoms with Gasteiger partial charge in [-0.05, 0) is 6.07 Å². The van der Waals surface area contributed by atoms with E-state index in [1.807, 2.05) is 0 Å². The molecule has 0 heterocycles. The SMILES string of the molecule is O=C(O)c1cccc([N+](=O)[O-])c1.[K]. The van der Waals surface area contributed by atoms with Gasteiger partial charge in [0, 0.05) is 63.5 Å². The van der Waals surface area contributed by atoms with E-state index in [-0.39, 0.29) is 62.6 Å². The number of nitrogens with zero attached hydrogens (tertiary/aromatic N) is 1. The fraction of sp³-hybridized carbons (Fsp3) is 0. The van der Waals surface area contributed by atoms with E-state index in [0.29, 0.717) is 0 Å². The number of aromatic carboxylic acids is 1. The van der Waals surface area contributed by atoms with Crippen molar-refractivity contribution in [3.05, 3.63) is 39.9 Å². The number of rotatable bonds is 2. The van der Waals surface area contributed by atoms with Crippen LogP contribution in [0.3, 0.4) is 0 Å². The fourth-order valence-electron chi connectivity index (χ4n) is 0.753. The molecular weight excluding hydrogens is 201 g/mol. The molecule has 0 saturated heterocycles. The third kappa shape index (κ3) is 3.53. The van der Waals surface area contributed by atoms with Crippen molar-refractivity contribution < 1.29 is 14.8 Å². The van der Waals surface area contributed by atoms with Gasteiger partial charge in [0.05, 0.1) is 10.5 Å². The second kappa shape index (κ2) is 5.46. The Kier molecular flexibility index (Phi) is 5.34. The number of carboxylic acid groups (broad SMARTS) is 1. The summed E-state index contributed by atoms with van der Waals surface area (Å²) in [4.78, 5) is 19.9. The standard InChI is InChI=1S/C7H5NO4.K/c9-7(10)5-2-1-3-6(4-5)8(11)12;/h1-4H,(H,9,10);. The van der Waals surface area contributed by atoms with Gasteiger partial charge < -0.3 is 5.11 Å². The zero-order valence-corrected chi connectivity index (χ0v) is 10.1. The van der Waals surface area contributed by atoms with E-state index in [9.17, 15) is 14.9 Å². The Bertz CT molecular complexity index is 310. The van der Waals surface area contributed by atoms with E-state index in [2.05, 4.69) is 0 Å². The summed E-state index contributed by atoms with van der Waals surface area (Å²) in [6, 6.07) is 4.89. The molecule has 5 nitrogen and oxygen atoms in total. The number of benzene rings is 1. The van der Waals surface area contributed by atoms with Crippen molar-refractivity contribution in [2.24, 2.45) is 0 Å². The van der Waals surface area contributed by atoms with E-state index in [4.69, 9.17) is 5.11 Å². The molecule has 0 unspecified atom stereocenters. The van der Waals surface area contributed by atoms with Gasteiger partial charge in [0.2, 0.25) is 0 Å². The summed E-state index contributed by atoms with van der Waals surface area (Å²) in [5.41, 5.74) is -0.292. The van der Waals surface area contributed by atoms with E-state index in [1.54, 1.807) is 0 Å². The second-order valence-electron chi connectivity index (χ2n) is 2.11. The van der Waals surface area contributed by atoms with Crippen LogP contribution in [0.2, 0.25) is 0 Å². The van der Waals surface area contributed by atoms with Crippen LogP contribution in [0, 0.1) is 10.1 Å². The number of carbonyl (C=O) groups is 1. The Morgan fingerprint density at radius 3 is 2.54 bits per heavy atom. The van der Waals surface area contributed by atoms with E-state index >= 15 is 0 Å². The van der Waals surface area contributed by atoms with Gasteiger partial charge in [-0.3, -0.25) is 10.1 Å². The van der Waals surface area contributed by atoms with Crippen LogP contribution in [0.1, 0.15) is 10.4 Å². The molecule has 0 fully saturated rings. The number of carboxylic acids is 1. The molecule has 1 aromatic rings. The summed E-state index contributed by atoms with van der Waals surface area (Å²) in [6.07, 6.45) is 0. The number of nitro groups is 1. The summed E-state index contributed by atoms with van der Waals surface area (Å²) in [6.45, 7) is 0. The van der Waals surface area contributed by atoms with Gasteiger partial charge in [-0.15, -0.1) is 0 Å². The molecule has 0 aliphatic carbocycles. The third-order valence-electron chi connectivity index (χ3n) is 1.30. The number of nitro benzene ring substituents is 1. The first-order valence-electron chi connectivity index (χ1n) is 3.09. The van der Waals surface area contributed by atoms with Crippen molar-refractivity contribution >= 4 is 63.0 Å². The summed E-state index contributed by atoms with van der Waals surface area (Å²) in [5.74, 6) is -1.17. The van der Waals surface area contributed by atoms with Gasteiger partial charge in [0.15, 0.2) is 0 Å². The van der Waals surface area contributed by atoms with Crippen molar-refractivity contribution in [2.75, 3.05) is 0 Å². The quantitative estimate of drug-likeness (QED) is 0.443. The van der Waals surface area contributed by atoms with Crippen LogP contribution in [0.5, 0.6) is 0 Å². The van der Waals surface area contributed by atoms with Gasteiger partial charge in [-0.2, -0.15) is 0 Å². The van der Waals surface area contributed by atoms with Gasteiger partial charge in [-0.1, -0.05) is 6.07 Å². The van der Waals surface area contributed by atoms with Crippen LogP contribution in [0.15, 0.2) is 24.3 Å². The van der Waals surface area contributed by atoms with Crippen LogP contribution >= 0.6 is 0 Å². The van der Waals surface area contributed by atoms with Gasteiger partial charge in [-0.25, -0.2) is 4.79 Å². The minimum Gasteiger partial charge on any atom is -0.478 e. The van der Waals surface area contributed by atoms with Crippen LogP contribution in [0.4, 0.5) is 5.69 Å². The van der Waals surface area contributed by atoms with Crippen molar-refractivity contribution in [2.45, 2.75) is 0 Å². The molecule has 1 aromatic carbocycles. The first kappa shape index (κ1) is 12.7. The summed E-state index contributed by atoms with van der Waals surface area (Å²) in [5, 5.41) is 18.7. The maximum atomic E-state index is 10.4. The number of hydrogen-bond acceptors (Lipinski definition) is 3. The second-order valence-corrected chi connectivity index (χ2v) is 2.11. The van der Waals surface area contributed by atoms with E-state index < -0.39 is 10.9 Å². The van der Waals surface area contributed by atoms with E-state index in [0.717, 1.165) is 6.07 Å². The molecular formula is C7H5KNO4. The Morgan fingerprint density at radius 2 is 2.08 bits per heavy atom. The third-order valence-corrected chi connectivity index (χ3v) is 1.30. The predicted molar refractivity (Wildman–Crippen MR) is 45.8 cm³/mol. The van der Waals surface area contributed by atoms with Gasteiger partial charge in [0.25, 0.3) is 5.69 Å². The van der Waals surface area contributed by atoms with Crippen molar-refractivity contribution in [3.8, 4) is 0 Å². The van der Waals surface area contributed by atoms with Crippen molar-refractivity contribution in [3.63, 3.8) is 0 Å². The molecule has 0 saturated carbocycles. The Morgan fingerprint density at radius 1 is 1.46 bits per heavy atom. The topological polar surface area (TPSA) is 80.4 Å². The van der Waals surface area contributed by atoms with Gasteiger partial charge >= 0.3 is 5.97 Å². The smallest absolute Gasteiger partial charge is 0.335 e. The molecule has 0 aliphatic rings. The number of non-ortho nitro benzene ring substituents is 1. The first-order valence-corrected chi connectivity index (χ1v) is 3.09. The molecule has 0 bridgehead atoms. The summed E-state index contributed by atoms with van der Waals surface area (Å²) in [7, 11) is 0. The molecule has 1 rings (SSSR count). The minimum atomic E-state index is -1.17. The largest absolute Gasteiger partial charge is 0.478 e. The zero-order valence-electron chi connectivity index (χ0n) is 6.93. The molecule has 0 atom stereocenters. The van der Waals surface area contributed by atoms with Crippen LogP contribution in [-0.4, -0.2) is 67.4 Å². The molecule has 1 radical (unpaired) electrons. The van der Waals surface area contributed by atoms with Crippen molar-refractivity contribution in [1.82, 2.24) is 0 Å². The average Bonchev–Trinajstić information content (AvgIpc) is 2.04. The van der Waals surface area contributed by atoms with Gasteiger partial charge in [0.1, 0.15) is 0 Å². The normalized spacial score (nSPS) is 8.62. The Hall–Kier alpha value is -0.274. The molecule has 13 heavy (non-hydrogen) atoms. The van der Waals surface area contributed by atoms with E-state index in [1.165, 1.54) is 18.2 Å².